The van der Waals surface area contributed by atoms with E-state index in [2.05, 4.69) is 0 Å². The lowest BCUT2D eigenvalue weighted by atomic mass is 9.95. The van der Waals surface area contributed by atoms with Crippen LogP contribution < -0.4 is 4.74 Å². The predicted molar refractivity (Wildman–Crippen MR) is 74.0 cm³/mol. The summed E-state index contributed by atoms with van der Waals surface area (Å²) in [5.74, 6) is 0.830. The first kappa shape index (κ1) is 14.8. The number of carbonyl (C=O) groups excluding carboxylic acids is 1. The van der Waals surface area contributed by atoms with Gasteiger partial charge in [-0.2, -0.15) is 0 Å². The van der Waals surface area contributed by atoms with Crippen LogP contribution in [0.15, 0.2) is 24.3 Å². The van der Waals surface area contributed by atoms with Gasteiger partial charge in [0.1, 0.15) is 12.4 Å². The summed E-state index contributed by atoms with van der Waals surface area (Å²) in [5, 5.41) is 0.645. The van der Waals surface area contributed by atoms with Crippen LogP contribution in [0, 0.1) is 5.41 Å². The zero-order valence-corrected chi connectivity index (χ0v) is 12.1. The lowest BCUT2D eigenvalue weighted by Crippen LogP contribution is -2.38. The largest absolute Gasteiger partial charge is 0.492 e. The minimum absolute atomic E-state index is 0.109. The third-order valence-corrected chi connectivity index (χ3v) is 2.71. The third-order valence-electron chi connectivity index (χ3n) is 2.48. The van der Waals surface area contributed by atoms with E-state index in [1.54, 1.807) is 24.1 Å². The second-order valence-corrected chi connectivity index (χ2v) is 5.72. The number of hydrogen-bond acceptors (Lipinski definition) is 2. The Morgan fingerprint density at radius 1 is 1.39 bits per heavy atom. The predicted octanol–water partition coefficient (Wildman–Crippen LogP) is 3.22. The quantitative estimate of drug-likeness (QED) is 0.840. The van der Waals surface area contributed by atoms with E-state index in [1.807, 2.05) is 32.9 Å². The number of halogens is 1. The molecule has 0 atom stereocenters. The molecule has 1 amide bonds. The summed E-state index contributed by atoms with van der Waals surface area (Å²) in [7, 11) is 1.79. The average molecular weight is 270 g/mol. The highest BCUT2D eigenvalue weighted by atomic mass is 35.5. The molecule has 0 spiro atoms. The molecule has 0 saturated heterocycles. The topological polar surface area (TPSA) is 29.5 Å². The van der Waals surface area contributed by atoms with Crippen LogP contribution in [0.4, 0.5) is 0 Å². The van der Waals surface area contributed by atoms with Crippen LogP contribution in [-0.4, -0.2) is 31.0 Å². The van der Waals surface area contributed by atoms with Crippen LogP contribution >= 0.6 is 11.6 Å². The van der Waals surface area contributed by atoms with Crippen LogP contribution in [0.3, 0.4) is 0 Å². The summed E-state index contributed by atoms with van der Waals surface area (Å²) in [6.07, 6.45) is 0. The zero-order valence-electron chi connectivity index (χ0n) is 11.4. The van der Waals surface area contributed by atoms with Crippen LogP contribution in [0.1, 0.15) is 20.8 Å². The molecule has 0 aliphatic carbocycles. The van der Waals surface area contributed by atoms with Crippen molar-refractivity contribution < 1.29 is 9.53 Å². The Morgan fingerprint density at radius 2 is 2.06 bits per heavy atom. The van der Waals surface area contributed by atoms with Gasteiger partial charge in [-0.15, -0.1) is 0 Å². The van der Waals surface area contributed by atoms with Gasteiger partial charge in [0.2, 0.25) is 5.91 Å². The van der Waals surface area contributed by atoms with E-state index in [-0.39, 0.29) is 11.3 Å². The van der Waals surface area contributed by atoms with E-state index in [1.165, 1.54) is 0 Å². The first-order valence-corrected chi connectivity index (χ1v) is 6.32. The second-order valence-electron chi connectivity index (χ2n) is 5.28. The van der Waals surface area contributed by atoms with Crippen molar-refractivity contribution in [1.29, 1.82) is 0 Å². The molecule has 1 aromatic rings. The minimum Gasteiger partial charge on any atom is -0.492 e. The van der Waals surface area contributed by atoms with Crippen molar-refractivity contribution in [3.8, 4) is 5.75 Å². The summed E-state index contributed by atoms with van der Waals surface area (Å²) in [6.45, 7) is 6.73. The number of rotatable bonds is 4. The van der Waals surface area contributed by atoms with Crippen molar-refractivity contribution in [1.82, 2.24) is 4.90 Å². The van der Waals surface area contributed by atoms with Crippen molar-refractivity contribution >= 4 is 17.5 Å². The number of amides is 1. The van der Waals surface area contributed by atoms with E-state index < -0.39 is 0 Å². The molecule has 0 bridgehead atoms. The molecule has 0 heterocycles. The molecule has 0 radical (unpaired) electrons. The Labute approximate surface area is 114 Å². The molecule has 1 aromatic carbocycles. The van der Waals surface area contributed by atoms with Crippen molar-refractivity contribution in [2.24, 2.45) is 5.41 Å². The van der Waals surface area contributed by atoms with Gasteiger partial charge in [0, 0.05) is 17.5 Å². The first-order chi connectivity index (χ1) is 8.30. The Balaban J connectivity index is 2.40. The highest BCUT2D eigenvalue weighted by molar-refractivity contribution is 6.30. The SMILES string of the molecule is CN(CCOc1cccc(Cl)c1)C(=O)C(C)(C)C. The fraction of sp³-hybridized carbons (Fsp3) is 0.500. The molecule has 3 nitrogen and oxygen atoms in total. The average Bonchev–Trinajstić information content (AvgIpc) is 2.26. The number of ether oxygens (including phenoxy) is 1. The smallest absolute Gasteiger partial charge is 0.227 e. The maximum Gasteiger partial charge on any atom is 0.227 e. The summed E-state index contributed by atoms with van der Waals surface area (Å²) in [4.78, 5) is 13.6. The van der Waals surface area contributed by atoms with Gasteiger partial charge in [-0.25, -0.2) is 0 Å². The molecule has 0 aliphatic heterocycles. The lowest BCUT2D eigenvalue weighted by molar-refractivity contribution is -0.138. The Hall–Kier alpha value is -1.22. The maximum atomic E-state index is 11.9. The van der Waals surface area contributed by atoms with Gasteiger partial charge < -0.3 is 9.64 Å². The fourth-order valence-electron chi connectivity index (χ4n) is 1.53. The van der Waals surface area contributed by atoms with Gasteiger partial charge in [-0.1, -0.05) is 38.4 Å². The highest BCUT2D eigenvalue weighted by Gasteiger charge is 2.24. The molecule has 18 heavy (non-hydrogen) atoms. The molecular weight excluding hydrogens is 250 g/mol. The van der Waals surface area contributed by atoms with Gasteiger partial charge in [0.05, 0.1) is 6.54 Å². The number of likely N-dealkylation sites (N-methyl/N-ethyl adjacent to an activating group) is 1. The first-order valence-electron chi connectivity index (χ1n) is 5.94. The number of hydrogen-bond donors (Lipinski definition) is 0. The van der Waals surface area contributed by atoms with E-state index in [0.717, 1.165) is 5.75 Å². The number of benzene rings is 1. The van der Waals surface area contributed by atoms with Crippen molar-refractivity contribution in [3.05, 3.63) is 29.3 Å². The molecule has 1 rings (SSSR count). The Kier molecular flexibility index (Phi) is 5.03. The standard InChI is InChI=1S/C14H20ClNO2/c1-14(2,3)13(17)16(4)8-9-18-12-7-5-6-11(15)10-12/h5-7,10H,8-9H2,1-4H3. The molecule has 0 saturated carbocycles. The molecule has 4 heteroatoms. The van der Waals surface area contributed by atoms with Gasteiger partial charge >= 0.3 is 0 Å². The molecule has 0 N–H and O–H groups in total. The van der Waals surface area contributed by atoms with Crippen LogP contribution in [-0.2, 0) is 4.79 Å². The molecule has 0 aliphatic rings. The second kappa shape index (κ2) is 6.10. The molecular formula is C14H20ClNO2. The zero-order chi connectivity index (χ0) is 13.8. The molecule has 0 unspecified atom stereocenters. The van der Waals surface area contributed by atoms with E-state index in [4.69, 9.17) is 16.3 Å². The Morgan fingerprint density at radius 3 is 2.61 bits per heavy atom. The maximum absolute atomic E-state index is 11.9. The Bertz CT molecular complexity index is 413. The van der Waals surface area contributed by atoms with Gasteiger partial charge in [-0.05, 0) is 18.2 Å². The number of nitrogens with zero attached hydrogens (tertiary/aromatic N) is 1. The van der Waals surface area contributed by atoms with Crippen molar-refractivity contribution in [3.63, 3.8) is 0 Å². The van der Waals surface area contributed by atoms with Crippen LogP contribution in [0.2, 0.25) is 5.02 Å². The van der Waals surface area contributed by atoms with Crippen LogP contribution in [0.25, 0.3) is 0 Å². The van der Waals surface area contributed by atoms with Crippen LogP contribution in [0.5, 0.6) is 5.75 Å². The lowest BCUT2D eigenvalue weighted by Gasteiger charge is -2.25. The minimum atomic E-state index is -0.356. The van der Waals surface area contributed by atoms with E-state index in [0.29, 0.717) is 18.2 Å². The fourth-order valence-corrected chi connectivity index (χ4v) is 1.71. The summed E-state index contributed by atoms with van der Waals surface area (Å²) in [5.41, 5.74) is -0.356. The van der Waals surface area contributed by atoms with Gasteiger partial charge in [-0.3, -0.25) is 4.79 Å². The normalized spacial score (nSPS) is 11.2. The van der Waals surface area contributed by atoms with E-state index in [9.17, 15) is 4.79 Å². The van der Waals surface area contributed by atoms with Crippen molar-refractivity contribution in [2.45, 2.75) is 20.8 Å². The number of carbonyl (C=O) groups is 1. The van der Waals surface area contributed by atoms with Gasteiger partial charge in [0.15, 0.2) is 0 Å². The molecule has 0 fully saturated rings. The third kappa shape index (κ3) is 4.57. The highest BCUT2D eigenvalue weighted by Crippen LogP contribution is 2.18. The monoisotopic (exact) mass is 269 g/mol. The molecule has 0 aromatic heterocycles. The summed E-state index contributed by atoms with van der Waals surface area (Å²) >= 11 is 5.85. The van der Waals surface area contributed by atoms with E-state index >= 15 is 0 Å². The van der Waals surface area contributed by atoms with Gasteiger partial charge in [0.25, 0.3) is 0 Å². The summed E-state index contributed by atoms with van der Waals surface area (Å²) in [6, 6.07) is 7.23. The summed E-state index contributed by atoms with van der Waals surface area (Å²) < 4.78 is 5.54. The van der Waals surface area contributed by atoms with Crippen molar-refractivity contribution in [2.75, 3.05) is 20.2 Å². The molecule has 100 valence electrons.